The molecule has 0 saturated heterocycles. The Morgan fingerprint density at radius 2 is 1.71 bits per heavy atom. The van der Waals surface area contributed by atoms with Gasteiger partial charge in [-0.1, -0.05) is 49.4 Å². The lowest BCUT2D eigenvalue weighted by atomic mass is 10.00. The third-order valence-electron chi connectivity index (χ3n) is 5.79. The fraction of sp³-hybridized carbons (Fsp3) is 0.296. The van der Waals surface area contributed by atoms with Crippen LogP contribution in [0.15, 0.2) is 73.1 Å². The van der Waals surface area contributed by atoms with Crippen LogP contribution in [0.5, 0.6) is 0 Å². The summed E-state index contributed by atoms with van der Waals surface area (Å²) in [6, 6.07) is 18.6. The van der Waals surface area contributed by atoms with E-state index in [1.807, 2.05) is 42.5 Å². The number of hydrogen-bond donors (Lipinski definition) is 3. The van der Waals surface area contributed by atoms with Crippen molar-refractivity contribution in [3.05, 3.63) is 101 Å². The maximum absolute atomic E-state index is 12.8. The zero-order chi connectivity index (χ0) is 24.5. The van der Waals surface area contributed by atoms with Crippen molar-refractivity contribution in [2.24, 2.45) is 0 Å². The van der Waals surface area contributed by atoms with E-state index in [1.165, 1.54) is 17.2 Å². The molecule has 1 heterocycles. The summed E-state index contributed by atoms with van der Waals surface area (Å²) >= 11 is 0. The SMILES string of the molecule is CCC(NCCc1ccc(C(=O)N(C)Cc2cncc(C(=O)O)c2)cc1)C(O)c1ccccc1. The largest absolute Gasteiger partial charge is 0.478 e. The number of aromatic carboxylic acids is 1. The number of pyridine rings is 1. The van der Waals surface area contributed by atoms with Gasteiger partial charge in [0.25, 0.3) is 5.91 Å². The number of aromatic nitrogens is 1. The van der Waals surface area contributed by atoms with Crippen molar-refractivity contribution in [1.82, 2.24) is 15.2 Å². The van der Waals surface area contributed by atoms with Crippen molar-refractivity contribution in [3.63, 3.8) is 0 Å². The second-order valence-electron chi connectivity index (χ2n) is 8.32. The van der Waals surface area contributed by atoms with E-state index < -0.39 is 12.1 Å². The number of carboxylic acids is 1. The van der Waals surface area contributed by atoms with Gasteiger partial charge in [0.1, 0.15) is 0 Å². The fourth-order valence-electron chi connectivity index (χ4n) is 3.83. The standard InChI is InChI=1S/C27H31N3O4/c1-3-24(25(31)21-7-5-4-6-8-21)29-14-13-19-9-11-22(12-10-19)26(32)30(2)18-20-15-23(27(33)34)17-28-16-20/h4-12,15-17,24-25,29,31H,3,13-14,18H2,1-2H3,(H,33,34). The Morgan fingerprint density at radius 1 is 1.00 bits per heavy atom. The van der Waals surface area contributed by atoms with Crippen molar-refractivity contribution in [3.8, 4) is 0 Å². The third-order valence-corrected chi connectivity index (χ3v) is 5.79. The number of nitrogens with zero attached hydrogens (tertiary/aromatic N) is 2. The predicted molar refractivity (Wildman–Crippen MR) is 131 cm³/mol. The van der Waals surface area contributed by atoms with Crippen LogP contribution in [0.1, 0.15) is 56.9 Å². The highest BCUT2D eigenvalue weighted by molar-refractivity contribution is 5.94. The van der Waals surface area contributed by atoms with Crippen molar-refractivity contribution in [1.29, 1.82) is 0 Å². The summed E-state index contributed by atoms with van der Waals surface area (Å²) in [4.78, 5) is 29.4. The van der Waals surface area contributed by atoms with E-state index in [1.54, 1.807) is 25.4 Å². The monoisotopic (exact) mass is 461 g/mol. The Balaban J connectivity index is 1.52. The highest BCUT2D eigenvalue weighted by Gasteiger charge is 2.18. The molecule has 0 fully saturated rings. The molecule has 1 amide bonds. The number of benzene rings is 2. The summed E-state index contributed by atoms with van der Waals surface area (Å²) in [5.41, 5.74) is 3.31. The van der Waals surface area contributed by atoms with Gasteiger partial charge in [0.05, 0.1) is 11.7 Å². The van der Waals surface area contributed by atoms with E-state index in [4.69, 9.17) is 5.11 Å². The van der Waals surface area contributed by atoms with Crippen LogP contribution in [-0.2, 0) is 13.0 Å². The van der Waals surface area contributed by atoms with Crippen LogP contribution < -0.4 is 5.32 Å². The highest BCUT2D eigenvalue weighted by atomic mass is 16.4. The number of hydrogen-bond acceptors (Lipinski definition) is 5. The van der Waals surface area contributed by atoms with Crippen LogP contribution in [0.25, 0.3) is 0 Å². The van der Waals surface area contributed by atoms with Crippen LogP contribution in [0, 0.1) is 0 Å². The first-order chi connectivity index (χ1) is 16.4. The first-order valence-electron chi connectivity index (χ1n) is 11.4. The molecule has 0 spiro atoms. The van der Waals surface area contributed by atoms with Crippen LogP contribution in [-0.4, -0.2) is 51.6 Å². The number of amides is 1. The lowest BCUT2D eigenvalue weighted by molar-refractivity contribution is 0.0696. The van der Waals surface area contributed by atoms with Gasteiger partial charge in [-0.15, -0.1) is 0 Å². The number of carbonyl (C=O) groups excluding carboxylic acids is 1. The van der Waals surface area contributed by atoms with Crippen molar-refractivity contribution < 1.29 is 19.8 Å². The topological polar surface area (TPSA) is 103 Å². The highest BCUT2D eigenvalue weighted by Crippen LogP contribution is 2.18. The van der Waals surface area contributed by atoms with Gasteiger partial charge >= 0.3 is 5.97 Å². The Kier molecular flexibility index (Phi) is 8.90. The lowest BCUT2D eigenvalue weighted by Crippen LogP contribution is -2.35. The molecule has 34 heavy (non-hydrogen) atoms. The summed E-state index contributed by atoms with van der Waals surface area (Å²) in [5, 5.41) is 23.2. The summed E-state index contributed by atoms with van der Waals surface area (Å²) in [5.74, 6) is -1.20. The van der Waals surface area contributed by atoms with Gasteiger partial charge in [0.15, 0.2) is 0 Å². The van der Waals surface area contributed by atoms with E-state index in [9.17, 15) is 14.7 Å². The van der Waals surface area contributed by atoms with Crippen LogP contribution in [0.2, 0.25) is 0 Å². The number of carbonyl (C=O) groups is 2. The minimum absolute atomic E-state index is 0.0361. The third kappa shape index (κ3) is 6.73. The molecule has 7 nitrogen and oxygen atoms in total. The van der Waals surface area contributed by atoms with Gasteiger partial charge in [-0.2, -0.15) is 0 Å². The second-order valence-corrected chi connectivity index (χ2v) is 8.32. The zero-order valence-electron chi connectivity index (χ0n) is 19.5. The van der Waals surface area contributed by atoms with Crippen LogP contribution in [0.4, 0.5) is 0 Å². The van der Waals surface area contributed by atoms with Crippen molar-refractivity contribution in [2.75, 3.05) is 13.6 Å². The maximum atomic E-state index is 12.8. The summed E-state index contributed by atoms with van der Waals surface area (Å²) in [7, 11) is 1.68. The minimum Gasteiger partial charge on any atom is -0.478 e. The average molecular weight is 462 g/mol. The summed E-state index contributed by atoms with van der Waals surface area (Å²) in [6.45, 7) is 3.03. The normalized spacial score (nSPS) is 12.7. The molecule has 2 atom stereocenters. The van der Waals surface area contributed by atoms with Gasteiger partial charge in [-0.3, -0.25) is 9.78 Å². The van der Waals surface area contributed by atoms with Gasteiger partial charge < -0.3 is 20.4 Å². The van der Waals surface area contributed by atoms with E-state index in [2.05, 4.69) is 17.2 Å². The zero-order valence-corrected chi connectivity index (χ0v) is 19.5. The average Bonchev–Trinajstić information content (AvgIpc) is 2.87. The van der Waals surface area contributed by atoms with E-state index >= 15 is 0 Å². The first kappa shape index (κ1) is 25.1. The Morgan fingerprint density at radius 3 is 2.35 bits per heavy atom. The van der Waals surface area contributed by atoms with Gasteiger partial charge in [-0.05, 0) is 54.3 Å². The molecule has 0 aliphatic carbocycles. The number of nitrogens with one attached hydrogen (secondary N) is 1. The van der Waals surface area contributed by atoms with E-state index in [0.717, 1.165) is 24.0 Å². The molecular weight excluding hydrogens is 430 g/mol. The molecule has 0 aliphatic heterocycles. The molecular formula is C27H31N3O4. The number of aliphatic hydroxyl groups is 1. The number of carboxylic acid groups (broad SMARTS) is 1. The Bertz CT molecular complexity index is 1090. The first-order valence-corrected chi connectivity index (χ1v) is 11.4. The smallest absolute Gasteiger partial charge is 0.337 e. The van der Waals surface area contributed by atoms with Gasteiger partial charge in [0, 0.05) is 37.6 Å². The van der Waals surface area contributed by atoms with E-state index in [-0.39, 0.29) is 24.1 Å². The summed E-state index contributed by atoms with van der Waals surface area (Å²) < 4.78 is 0. The molecule has 3 rings (SSSR count). The molecule has 7 heteroatoms. The van der Waals surface area contributed by atoms with Crippen molar-refractivity contribution in [2.45, 2.75) is 38.5 Å². The molecule has 3 N–H and O–H groups in total. The van der Waals surface area contributed by atoms with Crippen LogP contribution in [0.3, 0.4) is 0 Å². The Hall–Kier alpha value is -3.55. The molecule has 178 valence electrons. The second kappa shape index (κ2) is 12.1. The number of rotatable bonds is 11. The molecule has 1 aromatic heterocycles. The van der Waals surface area contributed by atoms with Gasteiger partial charge in [-0.25, -0.2) is 4.79 Å². The molecule has 0 bridgehead atoms. The van der Waals surface area contributed by atoms with Crippen LogP contribution >= 0.6 is 0 Å². The molecule has 0 aliphatic rings. The number of aliphatic hydroxyl groups excluding tert-OH is 1. The van der Waals surface area contributed by atoms with Crippen molar-refractivity contribution >= 4 is 11.9 Å². The van der Waals surface area contributed by atoms with Gasteiger partial charge in [0.2, 0.25) is 0 Å². The minimum atomic E-state index is -1.05. The molecule has 0 saturated carbocycles. The quantitative estimate of drug-likeness (QED) is 0.402. The molecule has 2 aromatic carbocycles. The fourth-order valence-corrected chi connectivity index (χ4v) is 3.83. The molecule has 2 unspecified atom stereocenters. The lowest BCUT2D eigenvalue weighted by Gasteiger charge is -2.23. The maximum Gasteiger partial charge on any atom is 0.337 e. The predicted octanol–water partition coefficient (Wildman–Crippen LogP) is 3.70. The van der Waals surface area contributed by atoms with E-state index in [0.29, 0.717) is 17.7 Å². The molecule has 0 radical (unpaired) electrons. The summed E-state index contributed by atoms with van der Waals surface area (Å²) in [6.07, 6.45) is 3.86. The Labute approximate surface area is 200 Å². The molecule has 3 aromatic rings.